The van der Waals surface area contributed by atoms with Crippen LogP contribution in [0.3, 0.4) is 0 Å². The Bertz CT molecular complexity index is 676. The predicted molar refractivity (Wildman–Crippen MR) is 80.9 cm³/mol. The molecule has 1 aliphatic heterocycles. The van der Waals surface area contributed by atoms with Gasteiger partial charge in [-0.15, -0.1) is 0 Å². The van der Waals surface area contributed by atoms with Gasteiger partial charge in [0, 0.05) is 23.1 Å². The number of rotatable bonds is 3. The summed E-state index contributed by atoms with van der Waals surface area (Å²) in [7, 11) is 0. The van der Waals surface area contributed by atoms with Gasteiger partial charge in [-0.05, 0) is 34.1 Å². The fraction of sp³-hybridized carbons (Fsp3) is 0.308. The van der Waals surface area contributed by atoms with Gasteiger partial charge in [-0.1, -0.05) is 16.8 Å². The highest BCUT2D eigenvalue weighted by molar-refractivity contribution is 9.10. The van der Waals surface area contributed by atoms with Gasteiger partial charge in [-0.25, -0.2) is 0 Å². The van der Waals surface area contributed by atoms with Crippen molar-refractivity contribution in [3.05, 3.63) is 33.6 Å². The number of nitrogens with zero attached hydrogens (tertiary/aromatic N) is 2. The highest BCUT2D eigenvalue weighted by Crippen LogP contribution is 2.27. The maximum absolute atomic E-state index is 11.7. The zero-order valence-corrected chi connectivity index (χ0v) is 13.2. The van der Waals surface area contributed by atoms with E-state index in [1.165, 1.54) is 0 Å². The fourth-order valence-electron chi connectivity index (χ4n) is 2.08. The summed E-state index contributed by atoms with van der Waals surface area (Å²) in [6.45, 7) is 1.38. The van der Waals surface area contributed by atoms with Crippen LogP contribution in [0.15, 0.2) is 27.2 Å². The van der Waals surface area contributed by atoms with E-state index in [-0.39, 0.29) is 11.9 Å². The molecule has 1 fully saturated rings. The van der Waals surface area contributed by atoms with E-state index in [9.17, 15) is 4.79 Å². The average molecular weight is 372 g/mol. The smallest absolute Gasteiger partial charge is 0.237 e. The minimum Gasteiger partial charge on any atom is -0.353 e. The first-order valence-corrected chi connectivity index (χ1v) is 7.59. The fourth-order valence-corrected chi connectivity index (χ4v) is 2.57. The lowest BCUT2D eigenvalue weighted by Gasteiger charge is -2.21. The Labute approximate surface area is 134 Å². The summed E-state index contributed by atoms with van der Waals surface area (Å²) in [5, 5.41) is 10.5. The van der Waals surface area contributed by atoms with E-state index in [2.05, 4.69) is 36.7 Å². The van der Waals surface area contributed by atoms with Crippen molar-refractivity contribution in [1.29, 1.82) is 0 Å². The quantitative estimate of drug-likeness (QED) is 0.860. The molecule has 6 nitrogen and oxygen atoms in total. The van der Waals surface area contributed by atoms with E-state index in [1.807, 2.05) is 12.1 Å². The van der Waals surface area contributed by atoms with E-state index in [0.29, 0.717) is 29.7 Å². The number of hydrogen-bond acceptors (Lipinski definition) is 5. The zero-order valence-electron chi connectivity index (χ0n) is 10.9. The van der Waals surface area contributed by atoms with Crippen LogP contribution in [0, 0.1) is 0 Å². The standard InChI is InChI=1S/C13H12BrClN4O2/c14-8-5-7(1-2-9(8)15)12-18-11(21-19-12)6-10-13(20)17-4-3-16-10/h1-2,5,10,16H,3-4,6H2,(H,17,20). The van der Waals surface area contributed by atoms with Crippen LogP contribution in [0.1, 0.15) is 5.89 Å². The molecule has 1 saturated heterocycles. The molecule has 1 aromatic carbocycles. The molecule has 2 N–H and O–H groups in total. The highest BCUT2D eigenvalue weighted by Gasteiger charge is 2.24. The van der Waals surface area contributed by atoms with E-state index in [1.54, 1.807) is 6.07 Å². The third-order valence-electron chi connectivity index (χ3n) is 3.16. The maximum atomic E-state index is 11.7. The van der Waals surface area contributed by atoms with Crippen LogP contribution in [0.5, 0.6) is 0 Å². The third-order valence-corrected chi connectivity index (χ3v) is 4.37. The lowest BCUT2D eigenvalue weighted by atomic mass is 10.1. The summed E-state index contributed by atoms with van der Waals surface area (Å²) in [5.74, 6) is 0.847. The SMILES string of the molecule is O=C1NCCNC1Cc1nc(-c2ccc(Cl)c(Br)c2)no1. The van der Waals surface area contributed by atoms with Gasteiger partial charge in [-0.2, -0.15) is 4.98 Å². The molecule has 1 amide bonds. The van der Waals surface area contributed by atoms with Crippen molar-refractivity contribution >= 4 is 33.4 Å². The summed E-state index contributed by atoms with van der Waals surface area (Å²) in [6.07, 6.45) is 0.369. The van der Waals surface area contributed by atoms with Gasteiger partial charge in [0.25, 0.3) is 0 Å². The van der Waals surface area contributed by atoms with Crippen molar-refractivity contribution in [3.63, 3.8) is 0 Å². The van der Waals surface area contributed by atoms with Gasteiger partial charge in [0.2, 0.25) is 17.6 Å². The highest BCUT2D eigenvalue weighted by atomic mass is 79.9. The third kappa shape index (κ3) is 3.25. The molecule has 0 radical (unpaired) electrons. The second-order valence-corrected chi connectivity index (χ2v) is 5.90. The monoisotopic (exact) mass is 370 g/mol. The molecule has 0 bridgehead atoms. The molecular formula is C13H12BrClN4O2. The Kier molecular flexibility index (Phi) is 4.23. The summed E-state index contributed by atoms with van der Waals surface area (Å²) in [4.78, 5) is 16.0. The van der Waals surface area contributed by atoms with Gasteiger partial charge in [-0.3, -0.25) is 4.79 Å². The Morgan fingerprint density at radius 1 is 1.43 bits per heavy atom. The van der Waals surface area contributed by atoms with Crippen molar-refractivity contribution in [3.8, 4) is 11.4 Å². The number of halogens is 2. The number of amides is 1. The molecule has 1 atom stereocenters. The van der Waals surface area contributed by atoms with Gasteiger partial charge in [0.15, 0.2) is 0 Å². The number of carbonyl (C=O) groups excluding carboxylic acids is 1. The topological polar surface area (TPSA) is 80.0 Å². The van der Waals surface area contributed by atoms with Crippen molar-refractivity contribution in [1.82, 2.24) is 20.8 Å². The van der Waals surface area contributed by atoms with Crippen molar-refractivity contribution in [2.45, 2.75) is 12.5 Å². The number of nitrogens with one attached hydrogen (secondary N) is 2. The number of benzene rings is 1. The van der Waals surface area contributed by atoms with Crippen LogP contribution in [-0.2, 0) is 11.2 Å². The average Bonchev–Trinajstić information content (AvgIpc) is 2.93. The van der Waals surface area contributed by atoms with Crippen LogP contribution in [0.4, 0.5) is 0 Å². The Balaban J connectivity index is 1.76. The number of aromatic nitrogens is 2. The maximum Gasteiger partial charge on any atom is 0.237 e. The summed E-state index contributed by atoms with van der Waals surface area (Å²) >= 11 is 9.31. The molecule has 0 aliphatic carbocycles. The molecular weight excluding hydrogens is 360 g/mol. The van der Waals surface area contributed by atoms with Gasteiger partial charge in [0.1, 0.15) is 0 Å². The first-order chi connectivity index (χ1) is 10.1. The largest absolute Gasteiger partial charge is 0.353 e. The van der Waals surface area contributed by atoms with Crippen molar-refractivity contribution < 1.29 is 9.32 Å². The molecule has 1 aromatic heterocycles. The second kappa shape index (κ2) is 6.13. The second-order valence-electron chi connectivity index (χ2n) is 4.64. The molecule has 2 heterocycles. The van der Waals surface area contributed by atoms with Crippen LogP contribution in [0.25, 0.3) is 11.4 Å². The predicted octanol–water partition coefficient (Wildman–Crippen LogP) is 1.78. The lowest BCUT2D eigenvalue weighted by molar-refractivity contribution is -0.124. The summed E-state index contributed by atoms with van der Waals surface area (Å²) in [5.41, 5.74) is 0.794. The minimum atomic E-state index is -0.330. The number of carbonyl (C=O) groups is 1. The molecule has 8 heteroatoms. The normalized spacial score (nSPS) is 18.6. The van der Waals surface area contributed by atoms with Crippen LogP contribution >= 0.6 is 27.5 Å². The first-order valence-electron chi connectivity index (χ1n) is 6.42. The lowest BCUT2D eigenvalue weighted by Crippen LogP contribution is -2.53. The summed E-state index contributed by atoms with van der Waals surface area (Å²) < 4.78 is 5.98. The molecule has 1 unspecified atom stereocenters. The van der Waals surface area contributed by atoms with E-state index >= 15 is 0 Å². The molecule has 0 spiro atoms. The molecule has 0 saturated carbocycles. The van der Waals surface area contributed by atoms with Crippen molar-refractivity contribution in [2.24, 2.45) is 0 Å². The molecule has 3 rings (SSSR count). The van der Waals surface area contributed by atoms with Crippen LogP contribution in [-0.4, -0.2) is 35.2 Å². The van der Waals surface area contributed by atoms with E-state index in [4.69, 9.17) is 16.1 Å². The van der Waals surface area contributed by atoms with Gasteiger partial charge in [0.05, 0.1) is 17.5 Å². The Morgan fingerprint density at radius 3 is 3.05 bits per heavy atom. The molecule has 110 valence electrons. The minimum absolute atomic E-state index is 0.0461. The molecule has 21 heavy (non-hydrogen) atoms. The van der Waals surface area contributed by atoms with Crippen LogP contribution < -0.4 is 10.6 Å². The first kappa shape index (κ1) is 14.5. The molecule has 1 aliphatic rings. The Hall–Kier alpha value is -1.44. The van der Waals surface area contributed by atoms with Gasteiger partial charge < -0.3 is 15.2 Å². The zero-order chi connectivity index (χ0) is 14.8. The van der Waals surface area contributed by atoms with E-state index in [0.717, 1.165) is 16.6 Å². The number of hydrogen-bond donors (Lipinski definition) is 2. The summed E-state index contributed by atoms with van der Waals surface area (Å²) in [6, 6.07) is 5.06. The van der Waals surface area contributed by atoms with Gasteiger partial charge >= 0.3 is 0 Å². The van der Waals surface area contributed by atoms with Crippen molar-refractivity contribution in [2.75, 3.05) is 13.1 Å². The van der Waals surface area contributed by atoms with Crippen LogP contribution in [0.2, 0.25) is 5.02 Å². The number of piperazine rings is 1. The Morgan fingerprint density at radius 2 is 2.29 bits per heavy atom. The van der Waals surface area contributed by atoms with E-state index < -0.39 is 0 Å². The molecule has 2 aromatic rings.